The molecule has 0 aliphatic rings. The molecule has 0 aromatic heterocycles. The number of rotatable bonds is 12. The van der Waals surface area contributed by atoms with E-state index in [1.54, 1.807) is 48.5 Å². The zero-order valence-corrected chi connectivity index (χ0v) is 25.3. The van der Waals surface area contributed by atoms with E-state index in [4.69, 9.17) is 0 Å². The van der Waals surface area contributed by atoms with Crippen LogP contribution >= 0.6 is 15.9 Å². The first kappa shape index (κ1) is 30.4. The van der Waals surface area contributed by atoms with Gasteiger partial charge in [0.05, 0.1) is 10.6 Å². The molecule has 3 rings (SSSR count). The SMILES string of the molecule is CCCNC(=O)[C@@H](CC)N(Cc1cccc(C)c1)C(=O)CN(c1ccc(Br)cc1)S(=O)(=O)c1ccc(C)cc1. The Labute approximate surface area is 240 Å². The molecule has 3 aromatic rings. The second kappa shape index (κ2) is 13.8. The van der Waals surface area contributed by atoms with Crippen molar-refractivity contribution in [3.05, 3.63) is 94.0 Å². The number of carbonyl (C=O) groups excluding carboxylic acids is 2. The summed E-state index contributed by atoms with van der Waals surface area (Å²) in [6.07, 6.45) is 1.15. The van der Waals surface area contributed by atoms with Crippen molar-refractivity contribution >= 4 is 43.5 Å². The summed E-state index contributed by atoms with van der Waals surface area (Å²) >= 11 is 3.39. The first-order chi connectivity index (χ1) is 18.6. The summed E-state index contributed by atoms with van der Waals surface area (Å²) in [7, 11) is -4.09. The van der Waals surface area contributed by atoms with E-state index in [1.807, 2.05) is 52.0 Å². The number of nitrogens with zero attached hydrogens (tertiary/aromatic N) is 2. The van der Waals surface area contributed by atoms with Crippen LogP contribution < -0.4 is 9.62 Å². The standard InChI is InChI=1S/C30H36BrN3O4S/c1-5-18-32-30(36)28(6-2)33(20-24-9-7-8-23(4)19-24)29(35)21-34(26-14-12-25(31)13-15-26)39(37,38)27-16-10-22(3)11-17-27/h7-17,19,28H,5-6,18,20-21H2,1-4H3,(H,32,36)/t28-/m1/s1. The molecule has 7 nitrogen and oxygen atoms in total. The molecule has 0 saturated heterocycles. The predicted octanol–water partition coefficient (Wildman–Crippen LogP) is 5.59. The number of carbonyl (C=O) groups is 2. The van der Waals surface area contributed by atoms with E-state index < -0.39 is 28.5 Å². The Hall–Kier alpha value is -3.17. The highest BCUT2D eigenvalue weighted by Gasteiger charge is 2.33. The Bertz CT molecular complexity index is 1380. The number of halogens is 1. The maximum Gasteiger partial charge on any atom is 0.264 e. The van der Waals surface area contributed by atoms with Gasteiger partial charge in [0.25, 0.3) is 10.0 Å². The number of aryl methyl sites for hydroxylation is 2. The number of hydrogen-bond acceptors (Lipinski definition) is 4. The molecule has 0 radical (unpaired) electrons. The normalized spacial score (nSPS) is 12.0. The molecule has 0 bridgehead atoms. The molecular formula is C30H36BrN3O4S. The molecule has 1 atom stereocenters. The molecule has 0 fully saturated rings. The third-order valence-corrected chi connectivity index (χ3v) is 8.69. The number of amides is 2. The van der Waals surface area contributed by atoms with E-state index in [1.165, 1.54) is 4.90 Å². The van der Waals surface area contributed by atoms with Gasteiger partial charge in [-0.1, -0.05) is 77.3 Å². The summed E-state index contributed by atoms with van der Waals surface area (Å²) in [5.41, 5.74) is 3.17. The van der Waals surface area contributed by atoms with Crippen LogP contribution in [-0.4, -0.2) is 44.3 Å². The highest BCUT2D eigenvalue weighted by atomic mass is 79.9. The van der Waals surface area contributed by atoms with Crippen molar-refractivity contribution in [2.24, 2.45) is 0 Å². The van der Waals surface area contributed by atoms with Gasteiger partial charge in [-0.25, -0.2) is 8.42 Å². The van der Waals surface area contributed by atoms with Gasteiger partial charge in [-0.15, -0.1) is 0 Å². The van der Waals surface area contributed by atoms with E-state index in [2.05, 4.69) is 21.2 Å². The molecule has 0 saturated carbocycles. The molecule has 39 heavy (non-hydrogen) atoms. The number of sulfonamides is 1. The maximum absolute atomic E-state index is 14.0. The largest absolute Gasteiger partial charge is 0.354 e. The van der Waals surface area contributed by atoms with E-state index in [-0.39, 0.29) is 17.3 Å². The minimum atomic E-state index is -4.09. The molecule has 0 spiro atoms. The first-order valence-electron chi connectivity index (χ1n) is 13.0. The van der Waals surface area contributed by atoms with Crippen molar-refractivity contribution < 1.29 is 18.0 Å². The second-order valence-electron chi connectivity index (χ2n) is 9.53. The lowest BCUT2D eigenvalue weighted by atomic mass is 10.1. The smallest absolute Gasteiger partial charge is 0.264 e. The van der Waals surface area contributed by atoms with Gasteiger partial charge in [-0.05, 0) is 68.7 Å². The fraction of sp³-hybridized carbons (Fsp3) is 0.333. The Balaban J connectivity index is 2.04. The van der Waals surface area contributed by atoms with E-state index in [9.17, 15) is 18.0 Å². The van der Waals surface area contributed by atoms with Gasteiger partial charge in [-0.3, -0.25) is 13.9 Å². The molecule has 0 aliphatic carbocycles. The van der Waals surface area contributed by atoms with Gasteiger partial charge in [0.15, 0.2) is 0 Å². The van der Waals surface area contributed by atoms with Gasteiger partial charge in [0, 0.05) is 17.6 Å². The molecule has 0 unspecified atom stereocenters. The molecular weight excluding hydrogens is 578 g/mol. The van der Waals surface area contributed by atoms with Crippen LogP contribution in [0.4, 0.5) is 5.69 Å². The number of hydrogen-bond donors (Lipinski definition) is 1. The first-order valence-corrected chi connectivity index (χ1v) is 15.3. The number of benzene rings is 3. The lowest BCUT2D eigenvalue weighted by Crippen LogP contribution is -2.52. The predicted molar refractivity (Wildman–Crippen MR) is 159 cm³/mol. The third kappa shape index (κ3) is 7.92. The fourth-order valence-corrected chi connectivity index (χ4v) is 5.94. The highest BCUT2D eigenvalue weighted by molar-refractivity contribution is 9.10. The summed E-state index contributed by atoms with van der Waals surface area (Å²) in [5.74, 6) is -0.717. The van der Waals surface area contributed by atoms with Crippen LogP contribution in [0.15, 0.2) is 82.2 Å². The van der Waals surface area contributed by atoms with Crippen molar-refractivity contribution in [3.63, 3.8) is 0 Å². The summed E-state index contributed by atoms with van der Waals surface area (Å²) in [5, 5.41) is 2.90. The van der Waals surface area contributed by atoms with Crippen LogP contribution in [0.1, 0.15) is 43.4 Å². The van der Waals surface area contributed by atoms with Gasteiger partial charge in [0.2, 0.25) is 11.8 Å². The Morgan fingerprint density at radius 2 is 1.59 bits per heavy atom. The zero-order chi connectivity index (χ0) is 28.6. The Morgan fingerprint density at radius 1 is 0.923 bits per heavy atom. The van der Waals surface area contributed by atoms with Crippen molar-refractivity contribution in [1.82, 2.24) is 10.2 Å². The Morgan fingerprint density at radius 3 is 2.18 bits per heavy atom. The molecule has 3 aromatic carbocycles. The lowest BCUT2D eigenvalue weighted by Gasteiger charge is -2.33. The molecule has 208 valence electrons. The average Bonchev–Trinajstić information content (AvgIpc) is 2.91. The molecule has 0 aliphatic heterocycles. The van der Waals surface area contributed by atoms with E-state index >= 15 is 0 Å². The van der Waals surface area contributed by atoms with Crippen LogP contribution in [0.2, 0.25) is 0 Å². The zero-order valence-electron chi connectivity index (χ0n) is 22.9. The lowest BCUT2D eigenvalue weighted by molar-refractivity contribution is -0.140. The summed E-state index contributed by atoms with van der Waals surface area (Å²) in [6, 6.07) is 20.3. The Kier molecular flexibility index (Phi) is 10.7. The van der Waals surface area contributed by atoms with Crippen LogP contribution in [0, 0.1) is 13.8 Å². The molecule has 0 heterocycles. The summed E-state index contributed by atoms with van der Waals surface area (Å²) < 4.78 is 29.6. The minimum Gasteiger partial charge on any atom is -0.354 e. The maximum atomic E-state index is 14.0. The van der Waals surface area contributed by atoms with Gasteiger partial charge < -0.3 is 10.2 Å². The van der Waals surface area contributed by atoms with Gasteiger partial charge >= 0.3 is 0 Å². The van der Waals surface area contributed by atoms with Crippen LogP contribution in [0.25, 0.3) is 0 Å². The quantitative estimate of drug-likeness (QED) is 0.288. The fourth-order valence-electron chi connectivity index (χ4n) is 4.27. The summed E-state index contributed by atoms with van der Waals surface area (Å²) in [6.45, 7) is 7.87. The molecule has 1 N–H and O–H groups in total. The van der Waals surface area contributed by atoms with Crippen molar-refractivity contribution in [1.29, 1.82) is 0 Å². The molecule has 2 amide bonds. The van der Waals surface area contributed by atoms with E-state index in [0.29, 0.717) is 18.7 Å². The summed E-state index contributed by atoms with van der Waals surface area (Å²) in [4.78, 5) is 28.7. The highest BCUT2D eigenvalue weighted by Crippen LogP contribution is 2.26. The van der Waals surface area contributed by atoms with Crippen molar-refractivity contribution in [3.8, 4) is 0 Å². The van der Waals surface area contributed by atoms with Gasteiger partial charge in [0.1, 0.15) is 12.6 Å². The third-order valence-electron chi connectivity index (χ3n) is 6.37. The van der Waals surface area contributed by atoms with Crippen LogP contribution in [0.5, 0.6) is 0 Å². The van der Waals surface area contributed by atoms with E-state index in [0.717, 1.165) is 31.9 Å². The van der Waals surface area contributed by atoms with Crippen LogP contribution in [-0.2, 0) is 26.2 Å². The number of nitrogens with one attached hydrogen (secondary N) is 1. The topological polar surface area (TPSA) is 86.8 Å². The monoisotopic (exact) mass is 613 g/mol. The number of anilines is 1. The van der Waals surface area contributed by atoms with Crippen molar-refractivity contribution in [2.75, 3.05) is 17.4 Å². The van der Waals surface area contributed by atoms with Crippen molar-refractivity contribution in [2.45, 2.75) is 58.0 Å². The molecule has 9 heteroatoms. The van der Waals surface area contributed by atoms with Gasteiger partial charge in [-0.2, -0.15) is 0 Å². The van der Waals surface area contributed by atoms with Crippen LogP contribution in [0.3, 0.4) is 0 Å². The minimum absolute atomic E-state index is 0.0850. The second-order valence-corrected chi connectivity index (χ2v) is 12.3. The average molecular weight is 615 g/mol.